The second-order valence-corrected chi connectivity index (χ2v) is 6.20. The monoisotopic (exact) mass is 372 g/mol. The van der Waals surface area contributed by atoms with Crippen LogP contribution < -0.4 is 9.80 Å². The minimum atomic E-state index is 0. The van der Waals surface area contributed by atoms with Gasteiger partial charge >= 0.3 is 0 Å². The van der Waals surface area contributed by atoms with E-state index >= 15 is 0 Å². The molecule has 0 unspecified atom stereocenters. The molecule has 2 aromatic rings. The second-order valence-electron chi connectivity index (χ2n) is 6.20. The standard InChI is InChI=1S/C21H28N2.4CH4/c1-5-22(6-2)18-11-9-16-13-17-10-12-19(23(7-3)8-4)15-21(17)20(16)14-18;;;;/h9-12,14-15H,5-8,13H2,1-4H3;4*1H4. The summed E-state index contributed by atoms with van der Waals surface area (Å²) in [5, 5.41) is 0. The molecule has 0 atom stereocenters. The average molecular weight is 373 g/mol. The first kappa shape index (κ1) is 27.3. The third kappa shape index (κ3) is 5.06. The minimum absolute atomic E-state index is 0. The number of fused-ring (bicyclic) bond motifs is 3. The van der Waals surface area contributed by atoms with Crippen molar-refractivity contribution in [2.45, 2.75) is 63.8 Å². The first-order valence-corrected chi connectivity index (χ1v) is 8.97. The van der Waals surface area contributed by atoms with E-state index in [9.17, 15) is 0 Å². The molecule has 1 aliphatic rings. The molecule has 2 aromatic carbocycles. The lowest BCUT2D eigenvalue weighted by molar-refractivity contribution is 0.866. The fraction of sp³-hybridized carbons (Fsp3) is 0.520. The minimum Gasteiger partial charge on any atom is -0.372 e. The van der Waals surface area contributed by atoms with Crippen LogP contribution in [0.3, 0.4) is 0 Å². The zero-order chi connectivity index (χ0) is 16.4. The Labute approximate surface area is 170 Å². The zero-order valence-electron chi connectivity index (χ0n) is 14.9. The maximum absolute atomic E-state index is 2.42. The molecule has 0 saturated heterocycles. The van der Waals surface area contributed by atoms with Gasteiger partial charge in [-0.1, -0.05) is 41.8 Å². The summed E-state index contributed by atoms with van der Waals surface area (Å²) >= 11 is 0. The highest BCUT2D eigenvalue weighted by atomic mass is 15.1. The van der Waals surface area contributed by atoms with Crippen LogP contribution in [0.1, 0.15) is 68.5 Å². The number of benzene rings is 2. The van der Waals surface area contributed by atoms with Gasteiger partial charge in [-0.3, -0.25) is 0 Å². The molecule has 0 aliphatic heterocycles. The van der Waals surface area contributed by atoms with E-state index in [1.165, 1.54) is 33.6 Å². The third-order valence-electron chi connectivity index (χ3n) is 5.12. The molecule has 0 bridgehead atoms. The van der Waals surface area contributed by atoms with E-state index in [-0.39, 0.29) is 29.7 Å². The van der Waals surface area contributed by atoms with Crippen LogP contribution in [0.4, 0.5) is 11.4 Å². The molecule has 1 aliphatic carbocycles. The van der Waals surface area contributed by atoms with Gasteiger partial charge in [-0.25, -0.2) is 0 Å². The molecule has 0 heterocycles. The lowest BCUT2D eigenvalue weighted by Gasteiger charge is -2.23. The SMILES string of the molecule is C.C.C.C.CCN(CC)c1ccc2c(c1)-c1cc(N(CC)CC)ccc1C2. The molecular formula is C25H44N2. The van der Waals surface area contributed by atoms with Crippen molar-refractivity contribution in [3.05, 3.63) is 47.5 Å². The van der Waals surface area contributed by atoms with Crippen LogP contribution in [-0.2, 0) is 6.42 Å². The van der Waals surface area contributed by atoms with Crippen LogP contribution in [0.15, 0.2) is 36.4 Å². The Morgan fingerprint density at radius 2 is 0.926 bits per heavy atom. The highest BCUT2D eigenvalue weighted by Crippen LogP contribution is 2.40. The van der Waals surface area contributed by atoms with Gasteiger partial charge in [-0.15, -0.1) is 0 Å². The van der Waals surface area contributed by atoms with Crippen molar-refractivity contribution in [2.75, 3.05) is 36.0 Å². The fourth-order valence-electron chi connectivity index (χ4n) is 3.71. The summed E-state index contributed by atoms with van der Waals surface area (Å²) in [6.45, 7) is 13.1. The summed E-state index contributed by atoms with van der Waals surface area (Å²) in [5.74, 6) is 0. The van der Waals surface area contributed by atoms with E-state index in [0.29, 0.717) is 0 Å². The Bertz CT molecular complexity index is 623. The van der Waals surface area contributed by atoms with Gasteiger partial charge in [0.1, 0.15) is 0 Å². The molecule has 0 spiro atoms. The van der Waals surface area contributed by atoms with Crippen molar-refractivity contribution in [1.82, 2.24) is 0 Å². The van der Waals surface area contributed by atoms with Gasteiger partial charge in [0.05, 0.1) is 0 Å². The lowest BCUT2D eigenvalue weighted by Crippen LogP contribution is -2.22. The van der Waals surface area contributed by atoms with Crippen LogP contribution in [-0.4, -0.2) is 26.2 Å². The van der Waals surface area contributed by atoms with Gasteiger partial charge in [0.2, 0.25) is 0 Å². The van der Waals surface area contributed by atoms with Crippen molar-refractivity contribution < 1.29 is 0 Å². The van der Waals surface area contributed by atoms with Crippen molar-refractivity contribution in [2.24, 2.45) is 0 Å². The highest BCUT2D eigenvalue weighted by Gasteiger charge is 2.20. The highest BCUT2D eigenvalue weighted by molar-refractivity contribution is 5.82. The Hall–Kier alpha value is -1.96. The van der Waals surface area contributed by atoms with Crippen molar-refractivity contribution in [3.63, 3.8) is 0 Å². The largest absolute Gasteiger partial charge is 0.372 e. The summed E-state index contributed by atoms with van der Waals surface area (Å²) in [4.78, 5) is 4.85. The van der Waals surface area contributed by atoms with Gasteiger partial charge in [-0.05, 0) is 80.6 Å². The summed E-state index contributed by atoms with van der Waals surface area (Å²) in [6.07, 6.45) is 1.07. The van der Waals surface area contributed by atoms with Crippen molar-refractivity contribution >= 4 is 11.4 Å². The molecule has 0 radical (unpaired) electrons. The number of hydrogen-bond acceptors (Lipinski definition) is 2. The zero-order valence-corrected chi connectivity index (χ0v) is 14.9. The third-order valence-corrected chi connectivity index (χ3v) is 5.12. The van der Waals surface area contributed by atoms with Gasteiger partial charge in [0, 0.05) is 37.6 Å². The van der Waals surface area contributed by atoms with Gasteiger partial charge in [0.15, 0.2) is 0 Å². The number of hydrogen-bond donors (Lipinski definition) is 0. The summed E-state index contributed by atoms with van der Waals surface area (Å²) in [7, 11) is 0. The fourth-order valence-corrected chi connectivity index (χ4v) is 3.71. The van der Waals surface area contributed by atoms with Crippen LogP contribution in [0, 0.1) is 0 Å². The van der Waals surface area contributed by atoms with E-state index in [2.05, 4.69) is 73.9 Å². The summed E-state index contributed by atoms with van der Waals surface area (Å²) in [6, 6.07) is 14.0. The molecule has 0 N–H and O–H groups in total. The maximum atomic E-state index is 2.42. The molecular weight excluding hydrogens is 328 g/mol. The Kier molecular flexibility index (Phi) is 11.8. The Morgan fingerprint density at radius 1 is 0.593 bits per heavy atom. The Morgan fingerprint density at radius 3 is 1.22 bits per heavy atom. The summed E-state index contributed by atoms with van der Waals surface area (Å²) in [5.41, 5.74) is 8.47. The molecule has 0 saturated carbocycles. The molecule has 0 fully saturated rings. The van der Waals surface area contributed by atoms with E-state index < -0.39 is 0 Å². The maximum Gasteiger partial charge on any atom is 0.0372 e. The van der Waals surface area contributed by atoms with Crippen molar-refractivity contribution in [1.29, 1.82) is 0 Å². The normalized spacial score (nSPS) is 10.2. The number of anilines is 2. The Balaban J connectivity index is 0. The first-order valence-electron chi connectivity index (χ1n) is 8.97. The smallest absolute Gasteiger partial charge is 0.0372 e. The van der Waals surface area contributed by atoms with Gasteiger partial charge < -0.3 is 9.80 Å². The average Bonchev–Trinajstić information content (AvgIpc) is 2.95. The quantitative estimate of drug-likeness (QED) is 0.442. The number of nitrogens with zero attached hydrogens (tertiary/aromatic N) is 2. The molecule has 27 heavy (non-hydrogen) atoms. The van der Waals surface area contributed by atoms with E-state index in [1.807, 2.05) is 0 Å². The predicted octanol–water partition coefficient (Wildman–Crippen LogP) is 7.49. The van der Waals surface area contributed by atoms with Gasteiger partial charge in [-0.2, -0.15) is 0 Å². The van der Waals surface area contributed by atoms with Crippen LogP contribution in [0.25, 0.3) is 11.1 Å². The molecule has 3 rings (SSSR count). The molecule has 2 heteroatoms. The molecule has 2 nitrogen and oxygen atoms in total. The van der Waals surface area contributed by atoms with E-state index in [1.54, 1.807) is 0 Å². The lowest BCUT2D eigenvalue weighted by atomic mass is 10.0. The van der Waals surface area contributed by atoms with Gasteiger partial charge in [0.25, 0.3) is 0 Å². The first-order chi connectivity index (χ1) is 11.2. The second kappa shape index (κ2) is 11.7. The van der Waals surface area contributed by atoms with E-state index in [4.69, 9.17) is 0 Å². The van der Waals surface area contributed by atoms with Crippen LogP contribution in [0.2, 0.25) is 0 Å². The molecule has 0 amide bonds. The van der Waals surface area contributed by atoms with E-state index in [0.717, 1.165) is 32.6 Å². The summed E-state index contributed by atoms with van der Waals surface area (Å²) < 4.78 is 0. The number of rotatable bonds is 6. The van der Waals surface area contributed by atoms with Crippen LogP contribution >= 0.6 is 0 Å². The topological polar surface area (TPSA) is 6.48 Å². The van der Waals surface area contributed by atoms with Crippen LogP contribution in [0.5, 0.6) is 0 Å². The molecule has 0 aromatic heterocycles. The molecule has 154 valence electrons. The predicted molar refractivity (Wildman–Crippen MR) is 129 cm³/mol. The van der Waals surface area contributed by atoms with Crippen molar-refractivity contribution in [3.8, 4) is 11.1 Å².